The maximum absolute atomic E-state index is 13.3. The fourth-order valence-corrected chi connectivity index (χ4v) is 4.94. The van der Waals surface area contributed by atoms with Crippen molar-refractivity contribution in [3.8, 4) is 11.4 Å². The van der Waals surface area contributed by atoms with Crippen LogP contribution < -0.4 is 20.5 Å². The number of aromatic nitrogens is 2. The van der Waals surface area contributed by atoms with Crippen molar-refractivity contribution in [1.82, 2.24) is 9.55 Å². The molecule has 5 rings (SSSR count). The molecule has 0 saturated carbocycles. The maximum atomic E-state index is 13.3. The number of carbonyl (C=O) groups is 1. The van der Waals surface area contributed by atoms with Gasteiger partial charge < -0.3 is 15.0 Å². The second kappa shape index (κ2) is 9.07. The molecule has 4 aromatic rings. The minimum absolute atomic E-state index is 0.0153. The molecule has 1 aliphatic rings. The Labute approximate surface area is 195 Å². The first-order chi connectivity index (χ1) is 16.1. The highest BCUT2D eigenvalue weighted by Crippen LogP contribution is 2.27. The number of amides is 1. The van der Waals surface area contributed by atoms with Crippen molar-refractivity contribution in [1.29, 1.82) is 0 Å². The number of nitrogens with zero attached hydrogens (tertiary/aromatic N) is 3. The Morgan fingerprint density at radius 3 is 2.48 bits per heavy atom. The van der Waals surface area contributed by atoms with E-state index in [4.69, 9.17) is 9.72 Å². The topological polar surface area (TPSA) is 76.5 Å². The van der Waals surface area contributed by atoms with Crippen LogP contribution in [0.25, 0.3) is 15.9 Å². The molecule has 2 aromatic carbocycles. The van der Waals surface area contributed by atoms with E-state index in [2.05, 4.69) is 10.2 Å². The summed E-state index contributed by atoms with van der Waals surface area (Å²) in [5.74, 6) is 1.30. The number of ether oxygens (including phenoxy) is 1. The van der Waals surface area contributed by atoms with Crippen LogP contribution in [0.4, 0.5) is 11.6 Å². The number of carbonyl (C=O) groups excluding carboxylic acids is 1. The van der Waals surface area contributed by atoms with E-state index in [9.17, 15) is 9.59 Å². The quantitative estimate of drug-likeness (QED) is 0.480. The number of thiophene rings is 1. The summed E-state index contributed by atoms with van der Waals surface area (Å²) in [6, 6.07) is 18.8. The summed E-state index contributed by atoms with van der Waals surface area (Å²) in [5.41, 5.74) is 2.20. The van der Waals surface area contributed by atoms with Gasteiger partial charge in [-0.2, -0.15) is 0 Å². The van der Waals surface area contributed by atoms with Crippen LogP contribution in [-0.4, -0.2) is 35.7 Å². The molecule has 2 aromatic heterocycles. The highest BCUT2D eigenvalue weighted by atomic mass is 32.1. The van der Waals surface area contributed by atoms with Gasteiger partial charge in [0.1, 0.15) is 10.4 Å². The number of nitrogens with one attached hydrogen (secondary N) is 1. The Hall–Kier alpha value is -3.65. The molecule has 0 unspecified atom stereocenters. The van der Waals surface area contributed by atoms with Crippen LogP contribution in [0.3, 0.4) is 0 Å². The molecular weight excluding hydrogens is 436 g/mol. The SMILES string of the molecule is COc1ccc(NC(=O)C2CCN(c3nc4ccsc4c(=O)n3-c3ccccc3)CC2)cc1. The number of fused-ring (bicyclic) bond motifs is 1. The fourth-order valence-electron chi connectivity index (χ4n) is 4.18. The zero-order valence-corrected chi connectivity index (χ0v) is 19.0. The monoisotopic (exact) mass is 460 g/mol. The highest BCUT2D eigenvalue weighted by molar-refractivity contribution is 7.17. The van der Waals surface area contributed by atoms with Crippen molar-refractivity contribution in [3.63, 3.8) is 0 Å². The van der Waals surface area contributed by atoms with Gasteiger partial charge >= 0.3 is 0 Å². The fraction of sp³-hybridized carbons (Fsp3) is 0.240. The zero-order chi connectivity index (χ0) is 22.8. The highest BCUT2D eigenvalue weighted by Gasteiger charge is 2.28. The minimum atomic E-state index is -0.0925. The zero-order valence-electron chi connectivity index (χ0n) is 18.2. The predicted molar refractivity (Wildman–Crippen MR) is 132 cm³/mol. The Balaban J connectivity index is 1.36. The van der Waals surface area contributed by atoms with Gasteiger partial charge in [-0.15, -0.1) is 11.3 Å². The van der Waals surface area contributed by atoms with Crippen molar-refractivity contribution >= 4 is 39.1 Å². The van der Waals surface area contributed by atoms with E-state index in [-0.39, 0.29) is 17.4 Å². The van der Waals surface area contributed by atoms with E-state index in [1.807, 2.05) is 66.0 Å². The number of anilines is 2. The molecule has 0 spiro atoms. The summed E-state index contributed by atoms with van der Waals surface area (Å²) in [5, 5.41) is 4.90. The van der Waals surface area contributed by atoms with Crippen molar-refractivity contribution in [3.05, 3.63) is 76.4 Å². The van der Waals surface area contributed by atoms with E-state index in [0.717, 1.165) is 17.1 Å². The van der Waals surface area contributed by atoms with Crippen molar-refractivity contribution < 1.29 is 9.53 Å². The molecule has 1 N–H and O–H groups in total. The average molecular weight is 461 g/mol. The van der Waals surface area contributed by atoms with Crippen LogP contribution in [0.15, 0.2) is 70.8 Å². The lowest BCUT2D eigenvalue weighted by Gasteiger charge is -2.33. The summed E-state index contributed by atoms with van der Waals surface area (Å²) < 4.78 is 7.51. The largest absolute Gasteiger partial charge is 0.497 e. The summed E-state index contributed by atoms with van der Waals surface area (Å²) in [4.78, 5) is 33.1. The number of hydrogen-bond donors (Lipinski definition) is 1. The van der Waals surface area contributed by atoms with Gasteiger partial charge in [0.05, 0.1) is 18.3 Å². The standard InChI is InChI=1S/C25H24N4O3S/c1-32-20-9-7-18(8-10-20)26-23(30)17-11-14-28(15-12-17)25-27-21-13-16-33-22(21)24(31)29(25)19-5-3-2-4-6-19/h2-10,13,16-17H,11-12,14-15H2,1H3,(H,26,30). The molecular formula is C25H24N4O3S. The van der Waals surface area contributed by atoms with E-state index in [1.165, 1.54) is 11.3 Å². The summed E-state index contributed by atoms with van der Waals surface area (Å²) in [6.07, 6.45) is 1.38. The minimum Gasteiger partial charge on any atom is -0.497 e. The van der Waals surface area contributed by atoms with E-state index in [0.29, 0.717) is 42.1 Å². The lowest BCUT2D eigenvalue weighted by molar-refractivity contribution is -0.120. The summed E-state index contributed by atoms with van der Waals surface area (Å²) in [7, 11) is 1.61. The number of hydrogen-bond acceptors (Lipinski definition) is 6. The van der Waals surface area contributed by atoms with Gasteiger partial charge in [0.2, 0.25) is 11.9 Å². The summed E-state index contributed by atoms with van der Waals surface area (Å²) in [6.45, 7) is 1.30. The number of piperidine rings is 1. The Morgan fingerprint density at radius 1 is 1.06 bits per heavy atom. The second-order valence-electron chi connectivity index (χ2n) is 8.00. The number of rotatable bonds is 5. The molecule has 7 nitrogen and oxygen atoms in total. The lowest BCUT2D eigenvalue weighted by Crippen LogP contribution is -2.41. The number of benzene rings is 2. The molecule has 0 aliphatic carbocycles. The van der Waals surface area contributed by atoms with Gasteiger partial charge in [-0.25, -0.2) is 9.55 Å². The van der Waals surface area contributed by atoms with E-state index >= 15 is 0 Å². The Bertz CT molecular complexity index is 1320. The van der Waals surface area contributed by atoms with Gasteiger partial charge in [0.25, 0.3) is 5.56 Å². The van der Waals surface area contributed by atoms with Crippen LogP contribution in [-0.2, 0) is 4.79 Å². The molecule has 0 bridgehead atoms. The predicted octanol–water partition coefficient (Wildman–Crippen LogP) is 4.31. The maximum Gasteiger partial charge on any atom is 0.277 e. The number of methoxy groups -OCH3 is 1. The van der Waals surface area contributed by atoms with Crippen molar-refractivity contribution in [2.24, 2.45) is 5.92 Å². The van der Waals surface area contributed by atoms with Crippen LogP contribution in [0, 0.1) is 5.92 Å². The molecule has 0 radical (unpaired) electrons. The van der Waals surface area contributed by atoms with Gasteiger partial charge in [-0.3, -0.25) is 9.59 Å². The van der Waals surface area contributed by atoms with Gasteiger partial charge in [-0.05, 0) is 60.7 Å². The first-order valence-electron chi connectivity index (χ1n) is 10.9. The first kappa shape index (κ1) is 21.2. The Morgan fingerprint density at radius 2 is 1.79 bits per heavy atom. The van der Waals surface area contributed by atoms with Gasteiger partial charge in [0, 0.05) is 24.7 Å². The Kier molecular flexibility index (Phi) is 5.83. The molecule has 168 valence electrons. The number of para-hydroxylation sites is 1. The molecule has 3 heterocycles. The molecule has 33 heavy (non-hydrogen) atoms. The third-order valence-corrected chi connectivity index (χ3v) is 6.87. The average Bonchev–Trinajstić information content (AvgIpc) is 3.34. The van der Waals surface area contributed by atoms with E-state index in [1.54, 1.807) is 11.7 Å². The summed E-state index contributed by atoms with van der Waals surface area (Å²) >= 11 is 1.41. The third-order valence-electron chi connectivity index (χ3n) is 5.98. The molecule has 1 amide bonds. The van der Waals surface area contributed by atoms with Crippen LogP contribution >= 0.6 is 11.3 Å². The molecule has 0 atom stereocenters. The molecule has 1 fully saturated rings. The second-order valence-corrected chi connectivity index (χ2v) is 8.92. The van der Waals surface area contributed by atoms with Gasteiger partial charge in [-0.1, -0.05) is 18.2 Å². The smallest absolute Gasteiger partial charge is 0.277 e. The van der Waals surface area contributed by atoms with Gasteiger partial charge in [0.15, 0.2) is 0 Å². The first-order valence-corrected chi connectivity index (χ1v) is 11.8. The van der Waals surface area contributed by atoms with Crippen LogP contribution in [0.1, 0.15) is 12.8 Å². The van der Waals surface area contributed by atoms with E-state index < -0.39 is 0 Å². The van der Waals surface area contributed by atoms with Crippen molar-refractivity contribution in [2.75, 3.05) is 30.4 Å². The molecule has 8 heteroatoms. The third kappa shape index (κ3) is 4.21. The lowest BCUT2D eigenvalue weighted by atomic mass is 9.96. The van der Waals surface area contributed by atoms with Crippen LogP contribution in [0.5, 0.6) is 5.75 Å². The molecule has 1 saturated heterocycles. The van der Waals surface area contributed by atoms with Crippen LogP contribution in [0.2, 0.25) is 0 Å². The molecule has 1 aliphatic heterocycles. The van der Waals surface area contributed by atoms with Crippen molar-refractivity contribution in [2.45, 2.75) is 12.8 Å². The normalized spacial score (nSPS) is 14.4.